The third-order valence-corrected chi connectivity index (χ3v) is 5.00. The molecule has 1 fully saturated rings. The van der Waals surface area contributed by atoms with Crippen LogP contribution in [0, 0.1) is 17.0 Å². The molecule has 1 aliphatic heterocycles. The lowest BCUT2D eigenvalue weighted by atomic mass is 9.63. The van der Waals surface area contributed by atoms with Gasteiger partial charge in [0.2, 0.25) is 0 Å². The second kappa shape index (κ2) is 7.76. The van der Waals surface area contributed by atoms with E-state index >= 15 is 0 Å². The first kappa shape index (κ1) is 19.8. The van der Waals surface area contributed by atoms with E-state index in [1.54, 1.807) is 0 Å². The molecule has 2 rings (SSSR count). The maximum absolute atomic E-state index is 14.3. The normalized spacial score (nSPS) is 29.6. The van der Waals surface area contributed by atoms with Crippen LogP contribution in [0.2, 0.25) is 0 Å². The number of carboxylic acid groups (broad SMARTS) is 1. The van der Waals surface area contributed by atoms with Gasteiger partial charge in [0.05, 0.1) is 30.3 Å². The Kier molecular flexibility index (Phi) is 6.13. The zero-order valence-electron chi connectivity index (χ0n) is 14.6. The number of carbonyl (C=O) groups is 1. The van der Waals surface area contributed by atoms with Crippen LogP contribution in [-0.2, 0) is 19.8 Å². The highest BCUT2D eigenvalue weighted by molar-refractivity contribution is 5.77. The van der Waals surface area contributed by atoms with Gasteiger partial charge in [-0.2, -0.15) is 0 Å². The van der Waals surface area contributed by atoms with E-state index in [9.17, 15) is 18.7 Å². The van der Waals surface area contributed by atoms with Crippen LogP contribution in [-0.4, -0.2) is 37.0 Å². The van der Waals surface area contributed by atoms with Crippen LogP contribution in [0.5, 0.6) is 0 Å². The molecule has 140 valence electrons. The molecule has 0 spiro atoms. The van der Waals surface area contributed by atoms with E-state index in [1.165, 1.54) is 13.0 Å². The second-order valence-electron chi connectivity index (χ2n) is 6.80. The van der Waals surface area contributed by atoms with Crippen LogP contribution in [0.3, 0.4) is 0 Å². The molecule has 1 saturated heterocycles. The molecule has 0 aliphatic carbocycles. The van der Waals surface area contributed by atoms with Crippen LogP contribution in [0.25, 0.3) is 0 Å². The second-order valence-corrected chi connectivity index (χ2v) is 6.80. The lowest BCUT2D eigenvalue weighted by Gasteiger charge is -2.49. The number of rotatable bonds is 7. The molecule has 25 heavy (non-hydrogen) atoms. The number of unbranched alkanes of at least 4 members (excludes halogenated alkanes) is 1. The minimum absolute atomic E-state index is 0.0656. The average Bonchev–Trinajstić information content (AvgIpc) is 2.54. The highest BCUT2D eigenvalue weighted by Gasteiger charge is 2.57. The lowest BCUT2D eigenvalue weighted by Crippen LogP contribution is -2.63. The maximum atomic E-state index is 14.3. The van der Waals surface area contributed by atoms with Crippen molar-refractivity contribution in [1.29, 1.82) is 0 Å². The maximum Gasteiger partial charge on any atom is 0.311 e. The molecule has 1 aromatic rings. The van der Waals surface area contributed by atoms with E-state index in [1.807, 2.05) is 6.92 Å². The highest BCUT2D eigenvalue weighted by Crippen LogP contribution is 2.46. The molecular weight excluding hydrogens is 332 g/mol. The van der Waals surface area contributed by atoms with Crippen molar-refractivity contribution in [2.24, 2.45) is 11.1 Å². The summed E-state index contributed by atoms with van der Waals surface area (Å²) in [5, 5.41) is 9.79. The van der Waals surface area contributed by atoms with Crippen molar-refractivity contribution in [2.45, 2.75) is 44.8 Å². The Morgan fingerprint density at radius 2 is 2.20 bits per heavy atom. The van der Waals surface area contributed by atoms with Crippen molar-refractivity contribution >= 4 is 5.97 Å². The van der Waals surface area contributed by atoms with Gasteiger partial charge < -0.3 is 20.3 Å². The Labute approximate surface area is 146 Å². The number of ether oxygens (including phenoxy) is 2. The Bertz CT molecular complexity index is 627. The van der Waals surface area contributed by atoms with Crippen molar-refractivity contribution in [1.82, 2.24) is 0 Å². The molecule has 3 atom stereocenters. The van der Waals surface area contributed by atoms with Gasteiger partial charge in [-0.25, -0.2) is 8.78 Å². The van der Waals surface area contributed by atoms with E-state index in [0.29, 0.717) is 12.7 Å². The third-order valence-electron chi connectivity index (χ3n) is 5.00. The number of nitrogens with two attached hydrogens (primary N) is 1. The fourth-order valence-electron chi connectivity index (χ4n) is 3.18. The molecule has 0 amide bonds. The van der Waals surface area contributed by atoms with Gasteiger partial charge >= 0.3 is 5.97 Å². The average molecular weight is 357 g/mol. The van der Waals surface area contributed by atoms with E-state index in [2.05, 4.69) is 0 Å². The van der Waals surface area contributed by atoms with E-state index < -0.39 is 34.7 Å². The molecule has 7 heteroatoms. The minimum atomic E-state index is -1.61. The van der Waals surface area contributed by atoms with Gasteiger partial charge in [-0.05, 0) is 25.8 Å². The van der Waals surface area contributed by atoms with Gasteiger partial charge in [0.15, 0.2) is 0 Å². The molecule has 0 unspecified atom stereocenters. The molecule has 1 aliphatic rings. The number of benzene rings is 1. The summed E-state index contributed by atoms with van der Waals surface area (Å²) in [6.07, 6.45) is 1.53. The lowest BCUT2D eigenvalue weighted by molar-refractivity contribution is -0.175. The van der Waals surface area contributed by atoms with Gasteiger partial charge in [0, 0.05) is 18.2 Å². The smallest absolute Gasteiger partial charge is 0.311 e. The number of carboxylic acids is 1. The molecule has 3 N–H and O–H groups in total. The van der Waals surface area contributed by atoms with Crippen molar-refractivity contribution in [3.05, 3.63) is 35.4 Å². The van der Waals surface area contributed by atoms with Crippen molar-refractivity contribution < 1.29 is 28.2 Å². The molecular formula is C18H25F2NO4. The van der Waals surface area contributed by atoms with Gasteiger partial charge in [0.25, 0.3) is 0 Å². The quantitative estimate of drug-likeness (QED) is 0.734. The zero-order valence-corrected chi connectivity index (χ0v) is 14.6. The summed E-state index contributed by atoms with van der Waals surface area (Å²) in [6, 6.07) is 2.95. The van der Waals surface area contributed by atoms with Gasteiger partial charge in [-0.3, -0.25) is 4.79 Å². The molecule has 0 radical (unpaired) electrons. The molecule has 0 saturated carbocycles. The van der Waals surface area contributed by atoms with Crippen LogP contribution >= 0.6 is 0 Å². The monoisotopic (exact) mass is 357 g/mol. The van der Waals surface area contributed by atoms with E-state index in [4.69, 9.17) is 15.2 Å². The fourth-order valence-corrected chi connectivity index (χ4v) is 3.18. The third kappa shape index (κ3) is 3.83. The van der Waals surface area contributed by atoms with Crippen LogP contribution < -0.4 is 5.73 Å². The van der Waals surface area contributed by atoms with Gasteiger partial charge in [-0.1, -0.05) is 19.4 Å². The van der Waals surface area contributed by atoms with Crippen molar-refractivity contribution in [2.75, 3.05) is 19.8 Å². The Morgan fingerprint density at radius 1 is 1.48 bits per heavy atom. The Morgan fingerprint density at radius 3 is 2.80 bits per heavy atom. The summed E-state index contributed by atoms with van der Waals surface area (Å²) < 4.78 is 38.7. The van der Waals surface area contributed by atoms with E-state index in [-0.39, 0.29) is 25.2 Å². The number of aliphatic carboxylic acids is 1. The summed E-state index contributed by atoms with van der Waals surface area (Å²) in [4.78, 5) is 12.0. The SMILES string of the molecule is CCCCOC[C@H]1C[C@@](C)(C(=O)O)[C@](N)(c2ccc(F)cc2F)CO1. The summed E-state index contributed by atoms with van der Waals surface area (Å²) in [5.74, 6) is -2.78. The fraction of sp³-hybridized carbons (Fsp3) is 0.611. The zero-order chi connectivity index (χ0) is 18.7. The predicted molar refractivity (Wildman–Crippen MR) is 88.1 cm³/mol. The van der Waals surface area contributed by atoms with Gasteiger partial charge in [-0.15, -0.1) is 0 Å². The first-order chi connectivity index (χ1) is 11.7. The van der Waals surface area contributed by atoms with Crippen LogP contribution in [0.1, 0.15) is 38.7 Å². The van der Waals surface area contributed by atoms with E-state index in [0.717, 1.165) is 18.9 Å². The van der Waals surface area contributed by atoms with Crippen LogP contribution in [0.4, 0.5) is 8.78 Å². The number of hydrogen-bond donors (Lipinski definition) is 2. The van der Waals surface area contributed by atoms with Crippen molar-refractivity contribution in [3.63, 3.8) is 0 Å². The molecule has 5 nitrogen and oxygen atoms in total. The topological polar surface area (TPSA) is 81.8 Å². The summed E-state index contributed by atoms with van der Waals surface area (Å²) >= 11 is 0. The number of hydrogen-bond acceptors (Lipinski definition) is 4. The molecule has 0 bridgehead atoms. The summed E-state index contributed by atoms with van der Waals surface area (Å²) in [5.41, 5.74) is 3.18. The molecule has 1 heterocycles. The predicted octanol–water partition coefficient (Wildman–Crippen LogP) is 2.82. The Balaban J connectivity index is 2.25. The standard InChI is InChI=1S/C18H25F2NO4/c1-3-4-7-24-10-13-9-17(2,16(22)23)18(21,11-25-13)14-6-5-12(19)8-15(14)20/h5-6,8,13H,3-4,7,9-11,21H2,1-2H3,(H,22,23)/t13-,17+,18-/m1/s1. The van der Waals surface area contributed by atoms with Crippen molar-refractivity contribution in [3.8, 4) is 0 Å². The van der Waals surface area contributed by atoms with Gasteiger partial charge in [0.1, 0.15) is 11.6 Å². The molecule has 1 aromatic carbocycles. The Hall–Kier alpha value is -1.57. The minimum Gasteiger partial charge on any atom is -0.481 e. The summed E-state index contributed by atoms with van der Waals surface area (Å²) in [6.45, 7) is 4.15. The molecule has 0 aromatic heterocycles. The highest BCUT2D eigenvalue weighted by atomic mass is 19.1. The van der Waals surface area contributed by atoms with Crippen LogP contribution in [0.15, 0.2) is 18.2 Å². The first-order valence-electron chi connectivity index (χ1n) is 8.41. The largest absolute Gasteiger partial charge is 0.481 e. The summed E-state index contributed by atoms with van der Waals surface area (Å²) in [7, 11) is 0. The first-order valence-corrected chi connectivity index (χ1v) is 8.41. The number of halogens is 2.